The molecule has 13 aromatic rings. The summed E-state index contributed by atoms with van der Waals surface area (Å²) in [5.74, 6) is 3.17. The summed E-state index contributed by atoms with van der Waals surface area (Å²) < 4.78 is 16.1. The molecule has 0 amide bonds. The Labute approximate surface area is 463 Å². The highest BCUT2D eigenvalue weighted by molar-refractivity contribution is 6.12. The lowest BCUT2D eigenvalue weighted by molar-refractivity contribution is -0.571. The molecule has 1 atom stereocenters. The Morgan fingerprint density at radius 1 is 0.456 bits per heavy atom. The molecule has 388 valence electrons. The van der Waals surface area contributed by atoms with Crippen LogP contribution in [0, 0.1) is 12.2 Å². The maximum absolute atomic E-state index is 6.97. The smallest absolute Gasteiger partial charge is 0.269 e. The summed E-state index contributed by atoms with van der Waals surface area (Å²) in [6.07, 6.45) is 5.87. The lowest BCUT2D eigenvalue weighted by Crippen LogP contribution is -2.31. The second-order valence-corrected chi connectivity index (χ2v) is 23.8. The van der Waals surface area contributed by atoms with Crippen LogP contribution in [0.1, 0.15) is 84.9 Å². The zero-order chi connectivity index (χ0) is 54.3. The first kappa shape index (κ1) is 49.6. The molecule has 0 saturated heterocycles. The summed E-state index contributed by atoms with van der Waals surface area (Å²) in [4.78, 5) is 5.07. The zero-order valence-electron chi connectivity index (χ0n) is 46.6. The maximum Gasteiger partial charge on any atom is 0.269 e. The maximum atomic E-state index is 6.97. The minimum absolute atomic E-state index is 0.0474. The van der Waals surface area contributed by atoms with Crippen LogP contribution < -0.4 is 9.30 Å². The van der Waals surface area contributed by atoms with Crippen LogP contribution in [0.4, 0.5) is 0 Å². The standard InChI is InChI=1S/C73H65N5O/c1-47(2)48(3)50-37-38-74-70(41-50)78-66-36-33-55(77-64-29-15-13-25-60(64)61-26-14-16-30-65(61)77)44-63(66)62-35-34-57(45-69(62)78)79-56-24-19-23-54(43-56)75-46-76(68-32-18-17-31-67(68)75)71-58(49-21-11-10-12-22-49)27-20-28-59(71)51-39-52(72(4,5)6)42-53(40-51)73(7,8)9/h10-45,47-48H,1-9H3. The fraction of sp³-hybridized carbons (Fsp3) is 0.178. The van der Waals surface area contributed by atoms with Gasteiger partial charge in [0.2, 0.25) is 0 Å². The van der Waals surface area contributed by atoms with Gasteiger partial charge in [-0.1, -0.05) is 196 Å². The van der Waals surface area contributed by atoms with Gasteiger partial charge in [-0.05, 0) is 134 Å². The van der Waals surface area contributed by atoms with Gasteiger partial charge in [-0.3, -0.25) is 13.7 Å². The van der Waals surface area contributed by atoms with Crippen LogP contribution >= 0.6 is 0 Å². The number of ether oxygens (including phenoxy) is 1. The fourth-order valence-corrected chi connectivity index (χ4v) is 11.6. The number of hydrogen-bond acceptors (Lipinski definition) is 2. The van der Waals surface area contributed by atoms with E-state index in [2.05, 4.69) is 293 Å². The number of imidazole rings is 1. The SMILES string of the molecule is CC(C)C(C)c1ccnc(-n2c3ccc(-n4c5ccccc5c5ccccc54)cc3c3ccc(Oc4cccc(-n5[c-][n+](-c6c(-c7ccccc7)cccc6-c6cc(C(C)(C)C)cc(C(C)(C)C)c6)c6ccccc65)c4)cc32)c1. The van der Waals surface area contributed by atoms with Gasteiger partial charge in [-0.15, -0.1) is 0 Å². The molecule has 6 heteroatoms. The van der Waals surface area contributed by atoms with Gasteiger partial charge >= 0.3 is 0 Å². The molecule has 0 aliphatic rings. The normalized spacial score (nSPS) is 12.7. The second-order valence-electron chi connectivity index (χ2n) is 23.8. The van der Waals surface area contributed by atoms with Crippen molar-refractivity contribution in [2.24, 2.45) is 5.92 Å². The zero-order valence-corrected chi connectivity index (χ0v) is 46.6. The van der Waals surface area contributed by atoms with Gasteiger partial charge in [0.1, 0.15) is 17.3 Å². The molecular formula is C73H65N5O. The average molecular weight is 1030 g/mol. The van der Waals surface area contributed by atoms with E-state index in [1.54, 1.807) is 0 Å². The topological polar surface area (TPSA) is 40.8 Å². The second kappa shape index (κ2) is 19.2. The minimum Gasteiger partial charge on any atom is -0.458 e. The van der Waals surface area contributed by atoms with E-state index in [1.165, 1.54) is 44.1 Å². The molecule has 9 aromatic carbocycles. The van der Waals surface area contributed by atoms with Crippen molar-refractivity contribution >= 4 is 54.6 Å². The molecule has 0 bridgehead atoms. The van der Waals surface area contributed by atoms with E-state index >= 15 is 0 Å². The lowest BCUT2D eigenvalue weighted by atomic mass is 9.78. The summed E-state index contributed by atoms with van der Waals surface area (Å²) in [6.45, 7) is 20.7. The predicted octanol–water partition coefficient (Wildman–Crippen LogP) is 18.8. The monoisotopic (exact) mass is 1030 g/mol. The largest absolute Gasteiger partial charge is 0.458 e. The number of benzene rings is 9. The molecule has 13 rings (SSSR count). The number of fused-ring (bicyclic) bond motifs is 7. The number of para-hydroxylation sites is 5. The van der Waals surface area contributed by atoms with Crippen LogP contribution in [0.5, 0.6) is 11.5 Å². The Hall–Kier alpha value is -9.00. The Kier molecular flexibility index (Phi) is 12.0. The van der Waals surface area contributed by atoms with E-state index in [-0.39, 0.29) is 10.8 Å². The molecule has 0 aliphatic heterocycles. The van der Waals surface area contributed by atoms with E-state index in [9.17, 15) is 0 Å². The van der Waals surface area contributed by atoms with Crippen molar-refractivity contribution in [3.63, 3.8) is 0 Å². The van der Waals surface area contributed by atoms with Crippen molar-refractivity contribution in [3.8, 4) is 56.6 Å². The summed E-state index contributed by atoms with van der Waals surface area (Å²) in [5.41, 5.74) is 18.0. The summed E-state index contributed by atoms with van der Waals surface area (Å²) in [5, 5.41) is 4.74. The van der Waals surface area contributed by atoms with Gasteiger partial charge in [-0.25, -0.2) is 4.98 Å². The number of pyridine rings is 1. The molecule has 6 nitrogen and oxygen atoms in total. The molecule has 4 aromatic heterocycles. The highest BCUT2D eigenvalue weighted by atomic mass is 16.5. The third kappa shape index (κ3) is 8.76. The number of aromatic nitrogens is 5. The van der Waals surface area contributed by atoms with Crippen molar-refractivity contribution < 1.29 is 9.30 Å². The van der Waals surface area contributed by atoms with E-state index in [0.29, 0.717) is 11.8 Å². The average Bonchev–Trinajstić information content (AvgIpc) is 4.34. The quantitative estimate of drug-likeness (QED) is 0.101. The summed E-state index contributed by atoms with van der Waals surface area (Å²) in [6, 6.07) is 76.8. The van der Waals surface area contributed by atoms with Crippen LogP contribution in [0.25, 0.3) is 99.8 Å². The van der Waals surface area contributed by atoms with Gasteiger partial charge in [-0.2, -0.15) is 0 Å². The lowest BCUT2D eigenvalue weighted by Gasteiger charge is -2.27. The first-order valence-corrected chi connectivity index (χ1v) is 27.8. The van der Waals surface area contributed by atoms with Crippen molar-refractivity contribution in [3.05, 3.63) is 242 Å². The van der Waals surface area contributed by atoms with E-state index in [4.69, 9.17) is 9.72 Å². The third-order valence-corrected chi connectivity index (χ3v) is 16.3. The Bertz CT molecular complexity index is 4390. The molecule has 0 saturated carbocycles. The molecule has 0 radical (unpaired) electrons. The van der Waals surface area contributed by atoms with E-state index in [1.807, 2.05) is 12.3 Å². The van der Waals surface area contributed by atoms with Gasteiger partial charge in [0.15, 0.2) is 0 Å². The number of nitrogens with zero attached hydrogens (tertiary/aromatic N) is 5. The number of rotatable bonds is 10. The van der Waals surface area contributed by atoms with Gasteiger partial charge in [0, 0.05) is 39.5 Å². The Balaban J connectivity index is 0.943. The van der Waals surface area contributed by atoms with E-state index < -0.39 is 0 Å². The third-order valence-electron chi connectivity index (χ3n) is 16.3. The minimum atomic E-state index is -0.0474. The van der Waals surface area contributed by atoms with Crippen molar-refractivity contribution in [1.29, 1.82) is 0 Å². The van der Waals surface area contributed by atoms with Crippen LogP contribution in [-0.2, 0) is 10.8 Å². The van der Waals surface area contributed by atoms with Crippen molar-refractivity contribution in [2.45, 2.75) is 79.1 Å². The van der Waals surface area contributed by atoms with E-state index in [0.717, 1.165) is 83.9 Å². The molecule has 1 unspecified atom stereocenters. The first-order chi connectivity index (χ1) is 38.2. The van der Waals surface area contributed by atoms with Crippen LogP contribution in [0.15, 0.2) is 219 Å². The fourth-order valence-electron chi connectivity index (χ4n) is 11.6. The molecule has 79 heavy (non-hydrogen) atoms. The van der Waals surface area contributed by atoms with Gasteiger partial charge in [0.25, 0.3) is 6.33 Å². The van der Waals surface area contributed by atoms with Crippen molar-refractivity contribution in [2.75, 3.05) is 0 Å². The van der Waals surface area contributed by atoms with Crippen LogP contribution in [0.2, 0.25) is 0 Å². The Morgan fingerprint density at radius 2 is 1.06 bits per heavy atom. The predicted molar refractivity (Wildman–Crippen MR) is 328 cm³/mol. The van der Waals surface area contributed by atoms with Crippen LogP contribution in [0.3, 0.4) is 0 Å². The first-order valence-electron chi connectivity index (χ1n) is 27.8. The highest BCUT2D eigenvalue weighted by Crippen LogP contribution is 2.42. The molecule has 0 aliphatic carbocycles. The van der Waals surface area contributed by atoms with Gasteiger partial charge < -0.3 is 9.30 Å². The Morgan fingerprint density at radius 3 is 1.76 bits per heavy atom. The van der Waals surface area contributed by atoms with Crippen LogP contribution in [-0.4, -0.2) is 18.7 Å². The number of hydrogen-bond donors (Lipinski definition) is 0. The molecule has 0 fully saturated rings. The van der Waals surface area contributed by atoms with Gasteiger partial charge in [0.05, 0.1) is 44.5 Å². The summed E-state index contributed by atoms with van der Waals surface area (Å²) in [7, 11) is 0. The molecular weight excluding hydrogens is 963 g/mol. The highest BCUT2D eigenvalue weighted by Gasteiger charge is 2.26. The molecule has 0 N–H and O–H groups in total. The summed E-state index contributed by atoms with van der Waals surface area (Å²) >= 11 is 0. The van der Waals surface area contributed by atoms with Crippen molar-refractivity contribution in [1.82, 2.24) is 18.7 Å². The molecule has 0 spiro atoms. The molecule has 4 heterocycles.